The van der Waals surface area contributed by atoms with Crippen LogP contribution in [-0.2, 0) is 16.1 Å². The highest BCUT2D eigenvalue weighted by Gasteiger charge is 2.21. The van der Waals surface area contributed by atoms with E-state index in [1.807, 2.05) is 49.3 Å². The third-order valence-electron chi connectivity index (χ3n) is 4.51. The Morgan fingerprint density at radius 3 is 2.56 bits per heavy atom. The Morgan fingerprint density at radius 2 is 1.93 bits per heavy atom. The summed E-state index contributed by atoms with van der Waals surface area (Å²) >= 11 is 0. The molecule has 27 heavy (non-hydrogen) atoms. The van der Waals surface area contributed by atoms with Crippen molar-refractivity contribution in [1.29, 1.82) is 0 Å². The highest BCUT2D eigenvalue weighted by Crippen LogP contribution is 2.28. The Labute approximate surface area is 180 Å². The number of amides is 1. The minimum atomic E-state index is 0. The molecule has 0 radical (unpaired) electrons. The zero-order valence-corrected chi connectivity index (χ0v) is 19.0. The van der Waals surface area contributed by atoms with Crippen LogP contribution in [0.1, 0.15) is 24.8 Å². The molecular formula is C20H33IN4O2. The van der Waals surface area contributed by atoms with Crippen molar-refractivity contribution in [3.05, 3.63) is 35.9 Å². The van der Waals surface area contributed by atoms with Gasteiger partial charge in [0.05, 0.1) is 6.61 Å². The van der Waals surface area contributed by atoms with Gasteiger partial charge in [-0.3, -0.25) is 9.79 Å². The van der Waals surface area contributed by atoms with E-state index in [-0.39, 0.29) is 29.9 Å². The van der Waals surface area contributed by atoms with Gasteiger partial charge in [-0.2, -0.15) is 0 Å². The molecule has 1 aromatic carbocycles. The first kappa shape index (κ1) is 23.7. The number of benzene rings is 1. The summed E-state index contributed by atoms with van der Waals surface area (Å²) in [5.74, 6) is 1.70. The van der Waals surface area contributed by atoms with Crippen LogP contribution in [-0.4, -0.2) is 69.1 Å². The molecule has 0 bridgehead atoms. The van der Waals surface area contributed by atoms with Crippen LogP contribution >= 0.6 is 24.0 Å². The summed E-state index contributed by atoms with van der Waals surface area (Å²) in [7, 11) is 5.58. The van der Waals surface area contributed by atoms with Crippen molar-refractivity contribution in [2.75, 3.05) is 47.4 Å². The molecule has 0 unspecified atom stereocenters. The summed E-state index contributed by atoms with van der Waals surface area (Å²) in [6, 6.07) is 10.0. The smallest absolute Gasteiger partial charge is 0.224 e. The van der Waals surface area contributed by atoms with E-state index >= 15 is 0 Å². The zero-order chi connectivity index (χ0) is 18.8. The molecule has 1 saturated carbocycles. The Morgan fingerprint density at radius 1 is 1.22 bits per heavy atom. The molecule has 1 amide bonds. The number of likely N-dealkylation sites (N-methyl/N-ethyl adjacent to an activating group) is 1. The van der Waals surface area contributed by atoms with Gasteiger partial charge >= 0.3 is 0 Å². The van der Waals surface area contributed by atoms with Gasteiger partial charge in [0.1, 0.15) is 0 Å². The number of hydrogen-bond donors (Lipinski definition) is 1. The molecule has 0 spiro atoms. The van der Waals surface area contributed by atoms with Gasteiger partial charge in [0.2, 0.25) is 5.91 Å². The predicted octanol–water partition coefficient (Wildman–Crippen LogP) is 2.59. The summed E-state index contributed by atoms with van der Waals surface area (Å²) in [4.78, 5) is 20.3. The van der Waals surface area contributed by atoms with Crippen molar-refractivity contribution in [2.45, 2.75) is 25.8 Å². The van der Waals surface area contributed by atoms with Crippen LogP contribution in [0.2, 0.25) is 0 Å². The SMILES string of the molecule is CN=C(NCCC(=O)N(C)Cc1ccccc1)N(C)CCOCC1CC1.I. The fourth-order valence-corrected chi connectivity index (χ4v) is 2.64. The van der Waals surface area contributed by atoms with Gasteiger partial charge in [0.15, 0.2) is 5.96 Å². The Bertz CT molecular complexity index is 579. The number of nitrogens with one attached hydrogen (secondary N) is 1. The number of halogens is 1. The van der Waals surface area contributed by atoms with Crippen molar-refractivity contribution < 1.29 is 9.53 Å². The topological polar surface area (TPSA) is 57.2 Å². The Balaban J connectivity index is 0.00000364. The standard InChI is InChI=1S/C20H32N4O2.HI/c1-21-20(23(2)13-14-26-16-18-9-10-18)22-12-11-19(25)24(3)15-17-7-5-4-6-8-17;/h4-8,18H,9-16H2,1-3H3,(H,21,22);1H. The molecule has 6 nitrogen and oxygen atoms in total. The average molecular weight is 488 g/mol. The number of carbonyl (C=O) groups excluding carboxylic acids is 1. The number of aliphatic imine (C=N–C) groups is 1. The van der Waals surface area contributed by atoms with Crippen LogP contribution in [0.15, 0.2) is 35.3 Å². The lowest BCUT2D eigenvalue weighted by Crippen LogP contribution is -2.42. The van der Waals surface area contributed by atoms with Gasteiger partial charge in [0, 0.05) is 53.8 Å². The maximum absolute atomic E-state index is 12.3. The lowest BCUT2D eigenvalue weighted by molar-refractivity contribution is -0.130. The summed E-state index contributed by atoms with van der Waals surface area (Å²) in [5, 5.41) is 3.25. The fraction of sp³-hybridized carbons (Fsp3) is 0.600. The quantitative estimate of drug-likeness (QED) is 0.238. The molecule has 0 saturated heterocycles. The van der Waals surface area contributed by atoms with Crippen molar-refractivity contribution in [2.24, 2.45) is 10.9 Å². The van der Waals surface area contributed by atoms with E-state index in [0.717, 1.165) is 30.6 Å². The second-order valence-corrected chi connectivity index (χ2v) is 6.90. The van der Waals surface area contributed by atoms with E-state index in [2.05, 4.69) is 10.3 Å². The summed E-state index contributed by atoms with van der Waals surface area (Å²) in [5.41, 5.74) is 1.14. The molecule has 1 aliphatic rings. The molecule has 7 heteroatoms. The normalized spacial score (nSPS) is 13.7. The van der Waals surface area contributed by atoms with Crippen LogP contribution < -0.4 is 5.32 Å². The average Bonchev–Trinajstić information content (AvgIpc) is 3.47. The van der Waals surface area contributed by atoms with Crippen LogP contribution in [0.4, 0.5) is 0 Å². The van der Waals surface area contributed by atoms with Crippen molar-refractivity contribution in [3.63, 3.8) is 0 Å². The summed E-state index contributed by atoms with van der Waals surface area (Å²) in [6.45, 7) is 3.56. The van der Waals surface area contributed by atoms with E-state index in [1.165, 1.54) is 12.8 Å². The van der Waals surface area contributed by atoms with Crippen LogP contribution in [0.5, 0.6) is 0 Å². The number of ether oxygens (including phenoxy) is 1. The second kappa shape index (κ2) is 12.9. The van der Waals surface area contributed by atoms with Crippen molar-refractivity contribution in [1.82, 2.24) is 15.1 Å². The van der Waals surface area contributed by atoms with Crippen LogP contribution in [0.25, 0.3) is 0 Å². The van der Waals surface area contributed by atoms with Crippen LogP contribution in [0, 0.1) is 5.92 Å². The van der Waals surface area contributed by atoms with Crippen LogP contribution in [0.3, 0.4) is 0 Å². The van der Waals surface area contributed by atoms with Crippen molar-refractivity contribution >= 4 is 35.8 Å². The monoisotopic (exact) mass is 488 g/mol. The molecule has 1 aliphatic carbocycles. The van der Waals surface area contributed by atoms with Gasteiger partial charge in [-0.1, -0.05) is 30.3 Å². The van der Waals surface area contributed by atoms with Gasteiger partial charge in [-0.05, 0) is 24.3 Å². The number of hydrogen-bond acceptors (Lipinski definition) is 3. The number of nitrogens with zero attached hydrogens (tertiary/aromatic N) is 3. The largest absolute Gasteiger partial charge is 0.379 e. The van der Waals surface area contributed by atoms with Crippen molar-refractivity contribution in [3.8, 4) is 0 Å². The fourth-order valence-electron chi connectivity index (χ4n) is 2.64. The maximum atomic E-state index is 12.3. The maximum Gasteiger partial charge on any atom is 0.224 e. The molecule has 152 valence electrons. The molecule has 0 atom stereocenters. The van der Waals surface area contributed by atoms with Gasteiger partial charge in [-0.25, -0.2) is 0 Å². The van der Waals surface area contributed by atoms with E-state index < -0.39 is 0 Å². The molecule has 0 aliphatic heterocycles. The second-order valence-electron chi connectivity index (χ2n) is 6.90. The summed E-state index contributed by atoms with van der Waals surface area (Å²) < 4.78 is 5.67. The van der Waals surface area contributed by atoms with E-state index in [1.54, 1.807) is 11.9 Å². The first-order chi connectivity index (χ1) is 12.6. The third kappa shape index (κ3) is 9.41. The van der Waals surface area contributed by atoms with E-state index in [9.17, 15) is 4.79 Å². The number of rotatable bonds is 10. The van der Waals surface area contributed by atoms with E-state index in [4.69, 9.17) is 4.74 Å². The Kier molecular flexibility index (Phi) is 11.3. The van der Waals surface area contributed by atoms with Gasteiger partial charge in [-0.15, -0.1) is 24.0 Å². The van der Waals surface area contributed by atoms with Gasteiger partial charge < -0.3 is 19.9 Å². The molecule has 0 aromatic heterocycles. The molecule has 1 fully saturated rings. The number of carbonyl (C=O) groups is 1. The predicted molar refractivity (Wildman–Crippen MR) is 120 cm³/mol. The first-order valence-corrected chi connectivity index (χ1v) is 9.37. The number of guanidine groups is 1. The lowest BCUT2D eigenvalue weighted by Gasteiger charge is -2.22. The summed E-state index contributed by atoms with van der Waals surface area (Å²) in [6.07, 6.45) is 3.06. The van der Waals surface area contributed by atoms with E-state index in [0.29, 0.717) is 26.1 Å². The Hall–Kier alpha value is -1.35. The zero-order valence-electron chi connectivity index (χ0n) is 16.7. The van der Waals surface area contributed by atoms with Gasteiger partial charge in [0.25, 0.3) is 0 Å². The minimum absolute atomic E-state index is 0. The minimum Gasteiger partial charge on any atom is -0.379 e. The lowest BCUT2D eigenvalue weighted by atomic mass is 10.2. The molecular weight excluding hydrogens is 455 g/mol. The molecule has 0 heterocycles. The highest BCUT2D eigenvalue weighted by atomic mass is 127. The third-order valence-corrected chi connectivity index (χ3v) is 4.51. The molecule has 2 rings (SSSR count). The first-order valence-electron chi connectivity index (χ1n) is 9.37. The molecule has 1 aromatic rings. The molecule has 1 N–H and O–H groups in total. The highest BCUT2D eigenvalue weighted by molar-refractivity contribution is 14.0.